The van der Waals surface area contributed by atoms with E-state index in [1.54, 1.807) is 12.1 Å². The maximum Gasteiger partial charge on any atom is 0.335 e. The fourth-order valence-electron chi connectivity index (χ4n) is 2.15. The van der Waals surface area contributed by atoms with Gasteiger partial charge < -0.3 is 10.4 Å². The Morgan fingerprint density at radius 1 is 1.35 bits per heavy atom. The molecule has 20 heavy (non-hydrogen) atoms. The summed E-state index contributed by atoms with van der Waals surface area (Å²) in [6.45, 7) is 0.191. The number of nitrogens with one attached hydrogen (secondary N) is 1. The zero-order chi connectivity index (χ0) is 14.8. The van der Waals surface area contributed by atoms with Crippen molar-refractivity contribution in [3.05, 3.63) is 35.4 Å². The molecule has 0 aliphatic carbocycles. The second kappa shape index (κ2) is 5.62. The van der Waals surface area contributed by atoms with Crippen LogP contribution in [-0.4, -0.2) is 36.9 Å². The zero-order valence-corrected chi connectivity index (χ0v) is 11.5. The maximum absolute atomic E-state index is 11.8. The molecular weight excluding hydrogens is 282 g/mol. The van der Waals surface area contributed by atoms with Gasteiger partial charge in [-0.2, -0.15) is 0 Å². The molecule has 1 fully saturated rings. The number of carbonyl (C=O) groups is 2. The topological polar surface area (TPSA) is 101 Å². The van der Waals surface area contributed by atoms with Crippen molar-refractivity contribution in [3.63, 3.8) is 0 Å². The van der Waals surface area contributed by atoms with E-state index in [4.69, 9.17) is 5.11 Å². The number of hydrogen-bond donors (Lipinski definition) is 2. The number of hydrogen-bond acceptors (Lipinski definition) is 4. The van der Waals surface area contributed by atoms with Gasteiger partial charge in [-0.3, -0.25) is 4.79 Å². The zero-order valence-electron chi connectivity index (χ0n) is 10.7. The van der Waals surface area contributed by atoms with Crippen molar-refractivity contribution in [1.82, 2.24) is 5.32 Å². The quantitative estimate of drug-likeness (QED) is 0.839. The van der Waals surface area contributed by atoms with Crippen LogP contribution in [-0.2, 0) is 21.2 Å². The summed E-state index contributed by atoms with van der Waals surface area (Å²) in [6, 6.07) is 6.26. The van der Waals surface area contributed by atoms with Gasteiger partial charge in [-0.25, -0.2) is 13.2 Å². The summed E-state index contributed by atoms with van der Waals surface area (Å²) in [6.07, 6.45) is 0.351. The molecule has 1 heterocycles. The van der Waals surface area contributed by atoms with E-state index >= 15 is 0 Å². The van der Waals surface area contributed by atoms with Crippen LogP contribution >= 0.6 is 0 Å². The van der Waals surface area contributed by atoms with Crippen molar-refractivity contribution in [3.8, 4) is 0 Å². The summed E-state index contributed by atoms with van der Waals surface area (Å²) < 4.78 is 22.6. The molecule has 1 atom stereocenters. The number of benzene rings is 1. The number of rotatable bonds is 4. The molecule has 0 unspecified atom stereocenters. The normalized spacial score (nSPS) is 20.5. The first-order valence-electron chi connectivity index (χ1n) is 6.18. The average Bonchev–Trinajstić information content (AvgIpc) is 2.77. The molecule has 0 radical (unpaired) electrons. The standard InChI is InChI=1S/C13H15NO5S/c15-12(11-4-5-20(18,19)8-11)14-7-9-2-1-3-10(6-9)13(16)17/h1-3,6,11H,4-5,7-8H2,(H,14,15)(H,16,17)/t11-/m1/s1. The first kappa shape index (κ1) is 14.5. The highest BCUT2D eigenvalue weighted by atomic mass is 32.2. The molecule has 0 bridgehead atoms. The van der Waals surface area contributed by atoms with E-state index in [9.17, 15) is 18.0 Å². The molecular formula is C13H15NO5S. The van der Waals surface area contributed by atoms with Crippen molar-refractivity contribution in [2.45, 2.75) is 13.0 Å². The predicted molar refractivity (Wildman–Crippen MR) is 72.0 cm³/mol. The van der Waals surface area contributed by atoms with Crippen molar-refractivity contribution < 1.29 is 23.1 Å². The number of aromatic carboxylic acids is 1. The van der Waals surface area contributed by atoms with Gasteiger partial charge in [-0.15, -0.1) is 0 Å². The molecule has 7 heteroatoms. The molecule has 108 valence electrons. The van der Waals surface area contributed by atoms with Crippen LogP contribution in [0, 0.1) is 5.92 Å². The van der Waals surface area contributed by atoms with Gasteiger partial charge in [-0.1, -0.05) is 12.1 Å². The third-order valence-electron chi connectivity index (χ3n) is 3.24. The molecule has 1 aliphatic heterocycles. The maximum atomic E-state index is 11.8. The largest absolute Gasteiger partial charge is 0.478 e. The van der Waals surface area contributed by atoms with Gasteiger partial charge in [0.1, 0.15) is 0 Å². The SMILES string of the molecule is O=C(O)c1cccc(CNC(=O)[C@@H]2CCS(=O)(=O)C2)c1. The monoisotopic (exact) mass is 297 g/mol. The fourth-order valence-corrected chi connectivity index (χ4v) is 3.89. The van der Waals surface area contributed by atoms with Crippen molar-refractivity contribution in [2.24, 2.45) is 5.92 Å². The minimum absolute atomic E-state index is 0.0551. The van der Waals surface area contributed by atoms with Crippen molar-refractivity contribution in [2.75, 3.05) is 11.5 Å². The van der Waals surface area contributed by atoms with Gasteiger partial charge in [0.05, 0.1) is 23.0 Å². The highest BCUT2D eigenvalue weighted by Crippen LogP contribution is 2.18. The smallest absolute Gasteiger partial charge is 0.335 e. The lowest BCUT2D eigenvalue weighted by Crippen LogP contribution is -2.30. The lowest BCUT2D eigenvalue weighted by Gasteiger charge is -2.09. The van der Waals surface area contributed by atoms with Gasteiger partial charge in [0, 0.05) is 6.54 Å². The molecule has 6 nitrogen and oxygen atoms in total. The van der Waals surface area contributed by atoms with Crippen LogP contribution in [0.15, 0.2) is 24.3 Å². The van der Waals surface area contributed by atoms with Crippen LogP contribution in [0.4, 0.5) is 0 Å². The second-order valence-electron chi connectivity index (χ2n) is 4.82. The first-order valence-corrected chi connectivity index (χ1v) is 8.00. The van der Waals surface area contributed by atoms with Crippen molar-refractivity contribution >= 4 is 21.7 Å². The van der Waals surface area contributed by atoms with Crippen LogP contribution in [0.25, 0.3) is 0 Å². The second-order valence-corrected chi connectivity index (χ2v) is 7.05. The van der Waals surface area contributed by atoms with E-state index in [2.05, 4.69) is 5.32 Å². The van der Waals surface area contributed by atoms with Crippen LogP contribution < -0.4 is 5.32 Å². The van der Waals surface area contributed by atoms with Crippen LogP contribution in [0.3, 0.4) is 0 Å². The van der Waals surface area contributed by atoms with E-state index in [-0.39, 0.29) is 29.5 Å². The van der Waals surface area contributed by atoms with E-state index in [1.165, 1.54) is 12.1 Å². The third-order valence-corrected chi connectivity index (χ3v) is 5.01. The van der Waals surface area contributed by atoms with Crippen LogP contribution in [0.5, 0.6) is 0 Å². The Balaban J connectivity index is 1.94. The summed E-state index contributed by atoms with van der Waals surface area (Å²) in [4.78, 5) is 22.7. The Bertz CT molecular complexity index is 638. The Morgan fingerprint density at radius 2 is 2.10 bits per heavy atom. The highest BCUT2D eigenvalue weighted by molar-refractivity contribution is 7.91. The Morgan fingerprint density at radius 3 is 2.70 bits per heavy atom. The molecule has 2 rings (SSSR count). The number of carboxylic acids is 1. The molecule has 1 aromatic rings. The van der Waals surface area contributed by atoms with Crippen LogP contribution in [0.2, 0.25) is 0 Å². The Kier molecular flexibility index (Phi) is 4.08. The van der Waals surface area contributed by atoms with Gasteiger partial charge in [-0.05, 0) is 24.1 Å². The molecule has 1 amide bonds. The van der Waals surface area contributed by atoms with E-state index in [0.717, 1.165) is 0 Å². The van der Waals surface area contributed by atoms with E-state index in [0.29, 0.717) is 12.0 Å². The summed E-state index contributed by atoms with van der Waals surface area (Å²) in [7, 11) is -3.08. The molecule has 0 spiro atoms. The lowest BCUT2D eigenvalue weighted by molar-refractivity contribution is -0.124. The lowest BCUT2D eigenvalue weighted by atomic mass is 10.1. The molecule has 0 saturated carbocycles. The Labute approximate surface area is 116 Å². The number of amides is 1. The number of carboxylic acid groups (broad SMARTS) is 1. The van der Waals surface area contributed by atoms with Gasteiger partial charge in [0.2, 0.25) is 5.91 Å². The fraction of sp³-hybridized carbons (Fsp3) is 0.385. The summed E-state index contributed by atoms with van der Waals surface area (Å²) in [5.74, 6) is -1.87. The van der Waals surface area contributed by atoms with Crippen molar-refractivity contribution in [1.29, 1.82) is 0 Å². The molecule has 1 aromatic carbocycles. The van der Waals surface area contributed by atoms with E-state index < -0.39 is 21.7 Å². The summed E-state index contributed by atoms with van der Waals surface area (Å²) in [5, 5.41) is 11.5. The third kappa shape index (κ3) is 3.57. The Hall–Kier alpha value is -1.89. The molecule has 2 N–H and O–H groups in total. The van der Waals surface area contributed by atoms with Gasteiger partial charge in [0.15, 0.2) is 9.84 Å². The minimum atomic E-state index is -3.08. The molecule has 1 saturated heterocycles. The average molecular weight is 297 g/mol. The first-order chi connectivity index (χ1) is 9.37. The summed E-state index contributed by atoms with van der Waals surface area (Å²) in [5.41, 5.74) is 0.819. The highest BCUT2D eigenvalue weighted by Gasteiger charge is 2.32. The number of carbonyl (C=O) groups excluding carboxylic acids is 1. The summed E-state index contributed by atoms with van der Waals surface area (Å²) >= 11 is 0. The van der Waals surface area contributed by atoms with Gasteiger partial charge in [0.25, 0.3) is 0 Å². The minimum Gasteiger partial charge on any atom is -0.478 e. The molecule has 0 aromatic heterocycles. The van der Waals surface area contributed by atoms with Crippen LogP contribution in [0.1, 0.15) is 22.3 Å². The van der Waals surface area contributed by atoms with E-state index in [1.807, 2.05) is 0 Å². The number of sulfone groups is 1. The predicted octanol–water partition coefficient (Wildman–Crippen LogP) is 0.436. The van der Waals surface area contributed by atoms with Gasteiger partial charge >= 0.3 is 5.97 Å². The molecule has 1 aliphatic rings.